The minimum absolute atomic E-state index is 0.0103. The van der Waals surface area contributed by atoms with Crippen molar-refractivity contribution in [3.63, 3.8) is 0 Å². The van der Waals surface area contributed by atoms with Crippen LogP contribution in [0.25, 0.3) is 11.1 Å². The van der Waals surface area contributed by atoms with E-state index in [0.717, 1.165) is 30.0 Å². The topological polar surface area (TPSA) is 88.6 Å². The number of anilines is 2. The van der Waals surface area contributed by atoms with Gasteiger partial charge in [-0.15, -0.1) is 0 Å². The fourth-order valence-corrected chi connectivity index (χ4v) is 5.39. The SMILES string of the molecule is O=C1Nc2ccccc2S(=O)(=O)c2ccc(-c3ccnc(N4CCOCC4)c3)cc21. The molecule has 3 aromatic rings. The molecular weight excluding hydrogens is 402 g/mol. The molecule has 1 fully saturated rings. The van der Waals surface area contributed by atoms with Crippen LogP contribution in [-0.2, 0) is 14.6 Å². The smallest absolute Gasteiger partial charge is 0.257 e. The third kappa shape index (κ3) is 3.14. The second-order valence-corrected chi connectivity index (χ2v) is 9.05. The number of nitrogens with zero attached hydrogens (tertiary/aromatic N) is 2. The number of carbonyl (C=O) groups excluding carboxylic acids is 1. The van der Waals surface area contributed by atoms with E-state index in [4.69, 9.17) is 4.74 Å². The summed E-state index contributed by atoms with van der Waals surface area (Å²) >= 11 is 0. The molecule has 0 radical (unpaired) electrons. The summed E-state index contributed by atoms with van der Waals surface area (Å²) in [6.07, 6.45) is 1.72. The number of pyridine rings is 1. The predicted octanol–water partition coefficient (Wildman–Crippen LogP) is 2.98. The van der Waals surface area contributed by atoms with Crippen molar-refractivity contribution >= 4 is 27.2 Å². The first-order valence-corrected chi connectivity index (χ1v) is 11.1. The number of sulfone groups is 1. The molecule has 0 unspecified atom stereocenters. The Kier molecular flexibility index (Phi) is 4.52. The average Bonchev–Trinajstić information content (AvgIpc) is 2.87. The number of ether oxygens (including phenoxy) is 1. The van der Waals surface area contributed by atoms with Crippen molar-refractivity contribution in [1.82, 2.24) is 4.98 Å². The number of morpholine rings is 1. The van der Waals surface area contributed by atoms with Crippen molar-refractivity contribution in [3.8, 4) is 11.1 Å². The molecular formula is C22H19N3O4S. The van der Waals surface area contributed by atoms with E-state index >= 15 is 0 Å². The number of aromatic nitrogens is 1. The third-order valence-corrected chi connectivity index (χ3v) is 7.22. The molecule has 0 bridgehead atoms. The molecule has 5 rings (SSSR count). The van der Waals surface area contributed by atoms with Crippen LogP contribution in [-0.4, -0.2) is 45.6 Å². The first-order chi connectivity index (χ1) is 14.5. The summed E-state index contributed by atoms with van der Waals surface area (Å²) in [5.41, 5.74) is 2.04. The van der Waals surface area contributed by atoms with Gasteiger partial charge in [0.1, 0.15) is 5.82 Å². The standard InChI is InChI=1S/C22H19N3O4S/c26-22-17-13-15(16-7-8-23-21(14-16)25-9-11-29-12-10-25)5-6-19(17)30(27,28)20-4-2-1-3-18(20)24-22/h1-8,13-14H,9-12H2,(H,24,26). The number of carbonyl (C=O) groups is 1. The summed E-state index contributed by atoms with van der Waals surface area (Å²) in [4.78, 5) is 19.5. The van der Waals surface area contributed by atoms with E-state index in [0.29, 0.717) is 18.9 Å². The van der Waals surface area contributed by atoms with Crippen molar-refractivity contribution < 1.29 is 17.9 Å². The Morgan fingerprint density at radius 2 is 1.70 bits per heavy atom. The van der Waals surface area contributed by atoms with E-state index in [2.05, 4.69) is 15.2 Å². The number of hydrogen-bond donors (Lipinski definition) is 1. The Morgan fingerprint density at radius 1 is 0.933 bits per heavy atom. The van der Waals surface area contributed by atoms with Gasteiger partial charge in [-0.05, 0) is 47.5 Å². The molecule has 1 N–H and O–H groups in total. The molecule has 7 nitrogen and oxygen atoms in total. The van der Waals surface area contributed by atoms with Gasteiger partial charge in [0.2, 0.25) is 9.84 Å². The van der Waals surface area contributed by atoms with E-state index < -0.39 is 15.7 Å². The van der Waals surface area contributed by atoms with Crippen molar-refractivity contribution in [3.05, 3.63) is 66.4 Å². The lowest BCUT2D eigenvalue weighted by molar-refractivity contribution is 0.102. The number of fused-ring (bicyclic) bond motifs is 2. The summed E-state index contributed by atoms with van der Waals surface area (Å²) in [5.74, 6) is 0.387. The molecule has 0 saturated carbocycles. The third-order valence-electron chi connectivity index (χ3n) is 5.35. The van der Waals surface area contributed by atoms with Gasteiger partial charge >= 0.3 is 0 Å². The molecule has 1 saturated heterocycles. The van der Waals surface area contributed by atoms with Gasteiger partial charge in [-0.2, -0.15) is 0 Å². The maximum absolute atomic E-state index is 13.1. The zero-order valence-corrected chi connectivity index (χ0v) is 16.9. The summed E-state index contributed by atoms with van der Waals surface area (Å²) < 4.78 is 31.7. The molecule has 1 aromatic heterocycles. The predicted molar refractivity (Wildman–Crippen MR) is 113 cm³/mol. The Bertz CT molecular complexity index is 1250. The molecule has 8 heteroatoms. The van der Waals surface area contributed by atoms with Crippen LogP contribution in [0.2, 0.25) is 0 Å². The normalized spacial score (nSPS) is 17.5. The van der Waals surface area contributed by atoms with Crippen molar-refractivity contribution in [2.24, 2.45) is 0 Å². The van der Waals surface area contributed by atoms with Crippen LogP contribution >= 0.6 is 0 Å². The summed E-state index contributed by atoms with van der Waals surface area (Å²) in [6, 6.07) is 15.1. The van der Waals surface area contributed by atoms with Crippen LogP contribution in [0.4, 0.5) is 11.5 Å². The van der Waals surface area contributed by atoms with Crippen LogP contribution in [0.3, 0.4) is 0 Å². The highest BCUT2D eigenvalue weighted by Crippen LogP contribution is 2.35. The zero-order valence-electron chi connectivity index (χ0n) is 16.0. The first-order valence-electron chi connectivity index (χ1n) is 9.63. The summed E-state index contributed by atoms with van der Waals surface area (Å²) in [7, 11) is -3.81. The molecule has 152 valence electrons. The van der Waals surface area contributed by atoms with E-state index in [1.807, 2.05) is 12.1 Å². The highest BCUT2D eigenvalue weighted by atomic mass is 32.2. The highest BCUT2D eigenvalue weighted by Gasteiger charge is 2.31. The van der Waals surface area contributed by atoms with Crippen molar-refractivity contribution in [2.75, 3.05) is 36.5 Å². The van der Waals surface area contributed by atoms with Gasteiger partial charge in [0.25, 0.3) is 5.91 Å². The zero-order chi connectivity index (χ0) is 20.7. The van der Waals surface area contributed by atoms with Gasteiger partial charge in [0, 0.05) is 19.3 Å². The number of amides is 1. The molecule has 2 aliphatic heterocycles. The van der Waals surface area contributed by atoms with E-state index in [9.17, 15) is 13.2 Å². The van der Waals surface area contributed by atoms with Gasteiger partial charge in [0.05, 0.1) is 34.3 Å². The highest BCUT2D eigenvalue weighted by molar-refractivity contribution is 7.91. The Balaban J connectivity index is 1.59. The van der Waals surface area contributed by atoms with Crippen LogP contribution < -0.4 is 10.2 Å². The minimum Gasteiger partial charge on any atom is -0.378 e. The first kappa shape index (κ1) is 18.8. The lowest BCUT2D eigenvalue weighted by Crippen LogP contribution is -2.36. The number of benzene rings is 2. The van der Waals surface area contributed by atoms with E-state index in [1.54, 1.807) is 36.5 Å². The lowest BCUT2D eigenvalue weighted by atomic mass is 10.0. The maximum atomic E-state index is 13.1. The molecule has 3 heterocycles. The van der Waals surface area contributed by atoms with E-state index in [1.165, 1.54) is 12.1 Å². The van der Waals surface area contributed by atoms with Gasteiger partial charge in [-0.1, -0.05) is 18.2 Å². The summed E-state index contributed by atoms with van der Waals surface area (Å²) in [5, 5.41) is 2.72. The molecule has 1 amide bonds. The largest absolute Gasteiger partial charge is 0.378 e. The Labute approximate surface area is 174 Å². The monoisotopic (exact) mass is 421 g/mol. The molecule has 0 aliphatic carbocycles. The Morgan fingerprint density at radius 3 is 2.53 bits per heavy atom. The fraction of sp³-hybridized carbons (Fsp3) is 0.182. The number of nitrogens with one attached hydrogen (secondary N) is 1. The molecule has 2 aliphatic rings. The fourth-order valence-electron chi connectivity index (χ4n) is 3.80. The number of hydrogen-bond acceptors (Lipinski definition) is 6. The summed E-state index contributed by atoms with van der Waals surface area (Å²) in [6.45, 7) is 2.84. The molecule has 2 aromatic carbocycles. The Hall–Kier alpha value is -3.23. The van der Waals surface area contributed by atoms with Crippen molar-refractivity contribution in [2.45, 2.75) is 9.79 Å². The van der Waals surface area contributed by atoms with E-state index in [-0.39, 0.29) is 15.4 Å². The second kappa shape index (κ2) is 7.23. The van der Waals surface area contributed by atoms with Crippen LogP contribution in [0, 0.1) is 0 Å². The number of para-hydroxylation sites is 1. The second-order valence-electron chi connectivity index (χ2n) is 7.17. The lowest BCUT2D eigenvalue weighted by Gasteiger charge is -2.28. The molecule has 0 spiro atoms. The maximum Gasteiger partial charge on any atom is 0.257 e. The quantitative estimate of drug-likeness (QED) is 0.684. The average molecular weight is 421 g/mol. The number of rotatable bonds is 2. The van der Waals surface area contributed by atoms with Crippen LogP contribution in [0.1, 0.15) is 10.4 Å². The van der Waals surface area contributed by atoms with Crippen LogP contribution in [0.5, 0.6) is 0 Å². The minimum atomic E-state index is -3.81. The molecule has 0 atom stereocenters. The molecule has 30 heavy (non-hydrogen) atoms. The van der Waals surface area contributed by atoms with Crippen LogP contribution in [0.15, 0.2) is 70.6 Å². The van der Waals surface area contributed by atoms with Gasteiger partial charge in [-0.3, -0.25) is 4.79 Å². The van der Waals surface area contributed by atoms with Gasteiger partial charge in [-0.25, -0.2) is 13.4 Å². The van der Waals surface area contributed by atoms with Gasteiger partial charge in [0.15, 0.2) is 0 Å². The van der Waals surface area contributed by atoms with Gasteiger partial charge < -0.3 is 15.0 Å². The van der Waals surface area contributed by atoms with Crippen molar-refractivity contribution in [1.29, 1.82) is 0 Å².